The minimum Gasteiger partial charge on any atom is -0.497 e. The minimum atomic E-state index is 0.0583. The summed E-state index contributed by atoms with van der Waals surface area (Å²) in [5.41, 5.74) is 1.07. The largest absolute Gasteiger partial charge is 0.497 e. The van der Waals surface area contributed by atoms with Crippen molar-refractivity contribution in [3.05, 3.63) is 42.0 Å². The Labute approximate surface area is 158 Å². The van der Waals surface area contributed by atoms with Gasteiger partial charge in [0.15, 0.2) is 5.82 Å². The SMILES string of the molecule is COc1ccc(CNC(=O)C2CCN(c3ccc(SC)nn3)CC2)cc1. The molecule has 6 nitrogen and oxygen atoms in total. The van der Waals surface area contributed by atoms with Crippen molar-refractivity contribution in [3.8, 4) is 5.75 Å². The first kappa shape index (κ1) is 18.5. The standard InChI is InChI=1S/C19H24N4O2S/c1-25-16-5-3-14(4-6-16)13-20-19(24)15-9-11-23(12-10-15)17-7-8-18(26-2)22-21-17/h3-8,15H,9-13H2,1-2H3,(H,20,24). The maximum absolute atomic E-state index is 12.4. The van der Waals surface area contributed by atoms with E-state index in [1.54, 1.807) is 18.9 Å². The predicted octanol–water partition coefficient (Wildman–Crippen LogP) is 2.74. The van der Waals surface area contributed by atoms with E-state index in [0.29, 0.717) is 6.54 Å². The molecule has 7 heteroatoms. The third kappa shape index (κ3) is 4.66. The first-order chi connectivity index (χ1) is 12.7. The monoisotopic (exact) mass is 372 g/mol. The third-order valence-electron chi connectivity index (χ3n) is 4.65. The Morgan fingerprint density at radius 2 is 1.92 bits per heavy atom. The van der Waals surface area contributed by atoms with Crippen LogP contribution in [0.15, 0.2) is 41.4 Å². The van der Waals surface area contributed by atoms with Gasteiger partial charge in [0.2, 0.25) is 5.91 Å². The van der Waals surface area contributed by atoms with Gasteiger partial charge >= 0.3 is 0 Å². The number of hydrogen-bond donors (Lipinski definition) is 1. The number of aromatic nitrogens is 2. The van der Waals surface area contributed by atoms with Crippen LogP contribution in [0.1, 0.15) is 18.4 Å². The molecule has 2 heterocycles. The molecule has 0 aliphatic carbocycles. The maximum atomic E-state index is 12.4. The predicted molar refractivity (Wildman–Crippen MR) is 104 cm³/mol. The fraction of sp³-hybridized carbons (Fsp3) is 0.421. The number of methoxy groups -OCH3 is 1. The number of benzene rings is 1. The Morgan fingerprint density at radius 3 is 2.50 bits per heavy atom. The fourth-order valence-electron chi connectivity index (χ4n) is 3.04. The first-order valence-corrected chi connectivity index (χ1v) is 9.95. The molecule has 0 bridgehead atoms. The number of nitrogens with zero attached hydrogens (tertiary/aromatic N) is 3. The number of anilines is 1. The van der Waals surface area contributed by atoms with Crippen molar-refractivity contribution in [3.63, 3.8) is 0 Å². The molecular weight excluding hydrogens is 348 g/mol. The van der Waals surface area contributed by atoms with Crippen molar-refractivity contribution in [2.24, 2.45) is 5.92 Å². The van der Waals surface area contributed by atoms with Crippen molar-refractivity contribution in [1.82, 2.24) is 15.5 Å². The van der Waals surface area contributed by atoms with E-state index >= 15 is 0 Å². The molecule has 1 aliphatic heterocycles. The molecule has 1 aliphatic rings. The summed E-state index contributed by atoms with van der Waals surface area (Å²) < 4.78 is 5.15. The van der Waals surface area contributed by atoms with E-state index in [4.69, 9.17) is 4.74 Å². The molecule has 1 aromatic carbocycles. The van der Waals surface area contributed by atoms with Gasteiger partial charge in [0.25, 0.3) is 0 Å². The lowest BCUT2D eigenvalue weighted by atomic mass is 9.96. The van der Waals surface area contributed by atoms with Gasteiger partial charge in [-0.2, -0.15) is 0 Å². The number of piperidine rings is 1. The number of rotatable bonds is 6. The number of ether oxygens (including phenoxy) is 1. The summed E-state index contributed by atoms with van der Waals surface area (Å²) in [5.74, 6) is 1.90. The van der Waals surface area contributed by atoms with Gasteiger partial charge in [0, 0.05) is 25.6 Å². The van der Waals surface area contributed by atoms with Crippen molar-refractivity contribution in [2.45, 2.75) is 24.4 Å². The zero-order valence-corrected chi connectivity index (χ0v) is 16.0. The van der Waals surface area contributed by atoms with Gasteiger partial charge in [-0.25, -0.2) is 0 Å². The molecule has 0 radical (unpaired) electrons. The van der Waals surface area contributed by atoms with Gasteiger partial charge in [0.1, 0.15) is 10.8 Å². The van der Waals surface area contributed by atoms with Crippen LogP contribution in [-0.4, -0.2) is 42.6 Å². The molecule has 0 atom stereocenters. The average Bonchev–Trinajstić information content (AvgIpc) is 2.72. The average molecular weight is 372 g/mol. The van der Waals surface area contributed by atoms with E-state index < -0.39 is 0 Å². The van der Waals surface area contributed by atoms with Gasteiger partial charge in [-0.1, -0.05) is 12.1 Å². The maximum Gasteiger partial charge on any atom is 0.223 e. The van der Waals surface area contributed by atoms with Crippen molar-refractivity contribution in [2.75, 3.05) is 31.4 Å². The Morgan fingerprint density at radius 1 is 1.19 bits per heavy atom. The third-order valence-corrected chi connectivity index (χ3v) is 5.29. The molecule has 1 amide bonds. The minimum absolute atomic E-state index is 0.0583. The van der Waals surface area contributed by atoms with E-state index in [-0.39, 0.29) is 11.8 Å². The van der Waals surface area contributed by atoms with Crippen LogP contribution in [0.3, 0.4) is 0 Å². The van der Waals surface area contributed by atoms with Gasteiger partial charge in [-0.15, -0.1) is 22.0 Å². The smallest absolute Gasteiger partial charge is 0.223 e. The van der Waals surface area contributed by atoms with E-state index in [0.717, 1.165) is 48.1 Å². The number of carbonyl (C=O) groups is 1. The summed E-state index contributed by atoms with van der Waals surface area (Å²) in [7, 11) is 1.64. The van der Waals surface area contributed by atoms with Crippen LogP contribution in [0.25, 0.3) is 0 Å². The molecule has 138 valence electrons. The normalized spacial score (nSPS) is 14.9. The van der Waals surface area contributed by atoms with E-state index in [9.17, 15) is 4.79 Å². The van der Waals surface area contributed by atoms with Crippen LogP contribution in [0, 0.1) is 5.92 Å². The fourth-order valence-corrected chi connectivity index (χ4v) is 3.36. The second-order valence-electron chi connectivity index (χ2n) is 6.26. The molecule has 26 heavy (non-hydrogen) atoms. The van der Waals surface area contributed by atoms with Gasteiger partial charge in [0.05, 0.1) is 7.11 Å². The van der Waals surface area contributed by atoms with Crippen LogP contribution in [-0.2, 0) is 11.3 Å². The Balaban J connectivity index is 1.46. The van der Waals surface area contributed by atoms with Crippen LogP contribution in [0.4, 0.5) is 5.82 Å². The molecule has 0 unspecified atom stereocenters. The summed E-state index contributed by atoms with van der Waals surface area (Å²) in [6, 6.07) is 11.7. The molecule has 1 fully saturated rings. The van der Waals surface area contributed by atoms with Gasteiger partial charge < -0.3 is 15.0 Å². The Kier molecular flexibility index (Phi) is 6.33. The molecular formula is C19H24N4O2S. The van der Waals surface area contributed by atoms with E-state index in [2.05, 4.69) is 20.4 Å². The van der Waals surface area contributed by atoms with E-state index in [1.807, 2.05) is 42.7 Å². The highest BCUT2D eigenvalue weighted by atomic mass is 32.2. The van der Waals surface area contributed by atoms with Crippen LogP contribution in [0.2, 0.25) is 0 Å². The molecule has 1 saturated heterocycles. The molecule has 0 spiro atoms. The summed E-state index contributed by atoms with van der Waals surface area (Å²) in [6.45, 7) is 2.20. The number of thioether (sulfide) groups is 1. The second-order valence-corrected chi connectivity index (χ2v) is 7.09. The first-order valence-electron chi connectivity index (χ1n) is 8.73. The lowest BCUT2D eigenvalue weighted by Crippen LogP contribution is -2.40. The highest BCUT2D eigenvalue weighted by Gasteiger charge is 2.25. The number of amides is 1. The topological polar surface area (TPSA) is 67.3 Å². The molecule has 1 aromatic heterocycles. The molecule has 0 saturated carbocycles. The van der Waals surface area contributed by atoms with Crippen LogP contribution < -0.4 is 15.0 Å². The van der Waals surface area contributed by atoms with Gasteiger partial charge in [-0.05, 0) is 48.9 Å². The zero-order valence-electron chi connectivity index (χ0n) is 15.1. The summed E-state index contributed by atoms with van der Waals surface area (Å²) in [4.78, 5) is 14.6. The van der Waals surface area contributed by atoms with E-state index in [1.165, 1.54) is 0 Å². The lowest BCUT2D eigenvalue weighted by molar-refractivity contribution is -0.125. The van der Waals surface area contributed by atoms with Gasteiger partial charge in [-0.3, -0.25) is 4.79 Å². The summed E-state index contributed by atoms with van der Waals surface area (Å²) in [6.07, 6.45) is 3.65. The lowest BCUT2D eigenvalue weighted by Gasteiger charge is -2.31. The Bertz CT molecular complexity index is 713. The summed E-state index contributed by atoms with van der Waals surface area (Å²) >= 11 is 1.58. The van der Waals surface area contributed by atoms with Crippen LogP contribution in [0.5, 0.6) is 5.75 Å². The number of hydrogen-bond acceptors (Lipinski definition) is 6. The van der Waals surface area contributed by atoms with Crippen molar-refractivity contribution >= 4 is 23.5 Å². The number of nitrogens with one attached hydrogen (secondary N) is 1. The van der Waals surface area contributed by atoms with Crippen molar-refractivity contribution in [1.29, 1.82) is 0 Å². The number of carbonyl (C=O) groups excluding carboxylic acids is 1. The molecule has 1 N–H and O–H groups in total. The second kappa shape index (κ2) is 8.89. The van der Waals surface area contributed by atoms with Crippen LogP contribution >= 0.6 is 11.8 Å². The Hall–Kier alpha value is -2.28. The molecule has 2 aromatic rings. The van der Waals surface area contributed by atoms with Crippen molar-refractivity contribution < 1.29 is 9.53 Å². The summed E-state index contributed by atoms with van der Waals surface area (Å²) in [5, 5.41) is 12.4. The highest BCUT2D eigenvalue weighted by molar-refractivity contribution is 7.98. The molecule has 3 rings (SSSR count). The zero-order chi connectivity index (χ0) is 18.4. The highest BCUT2D eigenvalue weighted by Crippen LogP contribution is 2.23. The quantitative estimate of drug-likeness (QED) is 0.787.